The Morgan fingerprint density at radius 2 is 2.15 bits per heavy atom. The molecule has 2 N–H and O–H groups in total. The summed E-state index contributed by atoms with van der Waals surface area (Å²) >= 11 is 0. The van der Waals surface area contributed by atoms with Gasteiger partial charge in [0.05, 0.1) is 19.3 Å². The molecule has 7 nitrogen and oxygen atoms in total. The Morgan fingerprint density at radius 1 is 1.42 bits per heavy atom. The minimum absolute atomic E-state index is 0. The molecule has 1 saturated heterocycles. The fourth-order valence-corrected chi connectivity index (χ4v) is 2.66. The molecule has 0 aromatic rings. The Hall–Kier alpha value is -1.03. The number of carbonyl (C=O) groups excluding carboxylic acids is 1. The zero-order chi connectivity index (χ0) is 18.3. The van der Waals surface area contributed by atoms with Crippen LogP contribution >= 0.6 is 24.0 Å². The molecule has 2 rings (SSSR count). The van der Waals surface area contributed by atoms with Crippen molar-refractivity contribution in [2.24, 2.45) is 4.99 Å². The Labute approximate surface area is 174 Å². The molecule has 8 heteroatoms. The lowest BCUT2D eigenvalue weighted by atomic mass is 10.1. The average molecular weight is 480 g/mol. The van der Waals surface area contributed by atoms with Crippen LogP contribution in [0.1, 0.15) is 40.5 Å². The first-order valence-electron chi connectivity index (χ1n) is 9.16. The second-order valence-corrected chi connectivity index (χ2v) is 7.42. The first-order chi connectivity index (χ1) is 11.9. The van der Waals surface area contributed by atoms with Crippen molar-refractivity contribution in [3.63, 3.8) is 0 Å². The lowest BCUT2D eigenvalue weighted by molar-refractivity contribution is 0.00700. The fraction of sp³-hybridized carbons (Fsp3) is 0.778. The van der Waals surface area contributed by atoms with E-state index in [-0.39, 0.29) is 36.1 Å². The van der Waals surface area contributed by atoms with Crippen LogP contribution in [0.4, 0.5) is 4.79 Å². The van der Waals surface area contributed by atoms with Crippen molar-refractivity contribution in [3.8, 4) is 0 Å². The van der Waals surface area contributed by atoms with E-state index < -0.39 is 5.60 Å². The molecule has 0 aromatic carbocycles. The second-order valence-electron chi connectivity index (χ2n) is 7.42. The number of rotatable bonds is 5. The predicted molar refractivity (Wildman–Crippen MR) is 114 cm³/mol. The summed E-state index contributed by atoms with van der Waals surface area (Å²) in [5.74, 6) is 0.809. The number of carbonyl (C=O) groups is 1. The van der Waals surface area contributed by atoms with Crippen LogP contribution in [0.5, 0.6) is 0 Å². The molecule has 2 aliphatic rings. The van der Waals surface area contributed by atoms with Crippen LogP contribution in [0, 0.1) is 0 Å². The Kier molecular flexibility index (Phi) is 9.70. The summed E-state index contributed by atoms with van der Waals surface area (Å²) in [5.41, 5.74) is 0.968. The minimum Gasteiger partial charge on any atom is -0.444 e. The van der Waals surface area contributed by atoms with Crippen LogP contribution < -0.4 is 10.6 Å². The first-order valence-corrected chi connectivity index (χ1v) is 9.16. The topological polar surface area (TPSA) is 75.2 Å². The third-order valence-corrected chi connectivity index (χ3v) is 3.98. The van der Waals surface area contributed by atoms with Gasteiger partial charge in [-0.15, -0.1) is 24.0 Å². The van der Waals surface area contributed by atoms with E-state index in [0.29, 0.717) is 13.1 Å². The van der Waals surface area contributed by atoms with Crippen molar-refractivity contribution in [1.29, 1.82) is 0 Å². The third-order valence-electron chi connectivity index (χ3n) is 3.98. The number of hydrogen-bond donors (Lipinski definition) is 2. The highest BCUT2D eigenvalue weighted by atomic mass is 127. The Morgan fingerprint density at radius 3 is 2.73 bits per heavy atom. The highest BCUT2D eigenvalue weighted by molar-refractivity contribution is 14.0. The van der Waals surface area contributed by atoms with Gasteiger partial charge in [-0.1, -0.05) is 11.6 Å². The number of amides is 1. The van der Waals surface area contributed by atoms with Gasteiger partial charge in [0.1, 0.15) is 5.60 Å². The van der Waals surface area contributed by atoms with Gasteiger partial charge in [-0.25, -0.2) is 4.79 Å². The smallest absolute Gasteiger partial charge is 0.410 e. The van der Waals surface area contributed by atoms with Gasteiger partial charge in [0.15, 0.2) is 5.96 Å². The molecule has 0 spiro atoms. The van der Waals surface area contributed by atoms with Crippen molar-refractivity contribution in [1.82, 2.24) is 15.5 Å². The molecular weight excluding hydrogens is 447 g/mol. The summed E-state index contributed by atoms with van der Waals surface area (Å²) in [6.45, 7) is 12.1. The monoisotopic (exact) mass is 480 g/mol. The van der Waals surface area contributed by atoms with Crippen molar-refractivity contribution < 1.29 is 14.3 Å². The molecule has 1 amide bonds. The van der Waals surface area contributed by atoms with Crippen molar-refractivity contribution >= 4 is 36.0 Å². The maximum atomic E-state index is 12.0. The zero-order valence-electron chi connectivity index (χ0n) is 16.3. The minimum atomic E-state index is -0.454. The van der Waals surface area contributed by atoms with Gasteiger partial charge in [0.2, 0.25) is 0 Å². The summed E-state index contributed by atoms with van der Waals surface area (Å²) < 4.78 is 10.7. The normalized spacial score (nSPS) is 18.4. The van der Waals surface area contributed by atoms with Gasteiger partial charge in [0.25, 0.3) is 0 Å². The zero-order valence-corrected chi connectivity index (χ0v) is 18.7. The average Bonchev–Trinajstić information content (AvgIpc) is 2.49. The van der Waals surface area contributed by atoms with Crippen molar-refractivity contribution in [2.45, 2.75) is 52.2 Å². The summed E-state index contributed by atoms with van der Waals surface area (Å²) in [5, 5.41) is 6.65. The quantitative estimate of drug-likeness (QED) is 0.274. The number of guanidine groups is 1. The lowest BCUT2D eigenvalue weighted by Gasteiger charge is -2.40. The molecule has 0 radical (unpaired) electrons. The molecule has 0 bridgehead atoms. The Bertz CT molecular complexity index is 511. The fourth-order valence-electron chi connectivity index (χ4n) is 2.66. The van der Waals surface area contributed by atoms with Gasteiger partial charge in [-0.3, -0.25) is 4.99 Å². The van der Waals surface area contributed by atoms with Gasteiger partial charge >= 0.3 is 6.09 Å². The molecule has 2 heterocycles. The van der Waals surface area contributed by atoms with E-state index in [1.807, 2.05) is 27.7 Å². The van der Waals surface area contributed by atoms with E-state index in [4.69, 9.17) is 9.47 Å². The third kappa shape index (κ3) is 8.11. The predicted octanol–water partition coefficient (Wildman–Crippen LogP) is 2.52. The summed E-state index contributed by atoms with van der Waals surface area (Å²) in [6.07, 6.45) is 3.88. The first kappa shape index (κ1) is 23.0. The van der Waals surface area contributed by atoms with E-state index in [1.54, 1.807) is 4.90 Å². The lowest BCUT2D eigenvalue weighted by Crippen LogP contribution is -2.63. The number of nitrogens with zero attached hydrogens (tertiary/aromatic N) is 2. The van der Waals surface area contributed by atoms with Crippen LogP contribution in [0.25, 0.3) is 0 Å². The van der Waals surface area contributed by atoms with Crippen LogP contribution in [0.3, 0.4) is 0 Å². The molecule has 0 atom stereocenters. The number of hydrogen-bond acceptors (Lipinski definition) is 4. The molecule has 2 aliphatic heterocycles. The van der Waals surface area contributed by atoms with Gasteiger partial charge in [-0.05, 0) is 40.5 Å². The van der Waals surface area contributed by atoms with Crippen LogP contribution in [0.2, 0.25) is 0 Å². The number of likely N-dealkylation sites (tertiary alicyclic amines) is 1. The number of aliphatic imine (C=N–C) groups is 1. The van der Waals surface area contributed by atoms with E-state index >= 15 is 0 Å². The summed E-state index contributed by atoms with van der Waals surface area (Å²) in [4.78, 5) is 18.3. The number of ether oxygens (including phenoxy) is 2. The van der Waals surface area contributed by atoms with E-state index in [9.17, 15) is 4.79 Å². The molecule has 0 saturated carbocycles. The van der Waals surface area contributed by atoms with Crippen molar-refractivity contribution in [2.75, 3.05) is 39.4 Å². The van der Waals surface area contributed by atoms with E-state index in [2.05, 4.69) is 21.7 Å². The highest BCUT2D eigenvalue weighted by Crippen LogP contribution is 2.15. The largest absolute Gasteiger partial charge is 0.444 e. The Balaban J connectivity index is 0.00000338. The SMILES string of the molecule is CCNC(=NCCC1=CCOCC1)NC1CN(C(=O)OC(C)(C)C)C1.I. The van der Waals surface area contributed by atoms with Crippen molar-refractivity contribution in [3.05, 3.63) is 11.6 Å². The summed E-state index contributed by atoms with van der Waals surface area (Å²) in [6, 6.07) is 0.215. The van der Waals surface area contributed by atoms with Crippen LogP contribution in [-0.2, 0) is 9.47 Å². The van der Waals surface area contributed by atoms with Crippen LogP contribution in [0.15, 0.2) is 16.6 Å². The summed E-state index contributed by atoms with van der Waals surface area (Å²) in [7, 11) is 0. The van der Waals surface area contributed by atoms with Gasteiger partial charge < -0.3 is 25.0 Å². The standard InChI is InChI=1S/C18H32N4O3.HI/c1-5-19-16(20-9-6-14-7-10-24-11-8-14)21-15-12-22(13-15)17(23)25-18(2,3)4;/h7,15H,5-6,8-13H2,1-4H3,(H2,19,20,21);1H. The molecule has 0 aromatic heterocycles. The molecular formula is C18H33IN4O3. The molecule has 150 valence electrons. The maximum absolute atomic E-state index is 12.0. The number of nitrogens with one attached hydrogen (secondary N) is 2. The molecule has 1 fully saturated rings. The van der Waals surface area contributed by atoms with E-state index in [1.165, 1.54) is 5.57 Å². The second kappa shape index (κ2) is 11.0. The van der Waals surface area contributed by atoms with Crippen LogP contribution in [-0.4, -0.2) is 68.0 Å². The molecule has 0 aliphatic carbocycles. The van der Waals surface area contributed by atoms with E-state index in [0.717, 1.165) is 45.1 Å². The highest BCUT2D eigenvalue weighted by Gasteiger charge is 2.34. The van der Waals surface area contributed by atoms with Gasteiger partial charge in [-0.2, -0.15) is 0 Å². The molecule has 0 unspecified atom stereocenters. The molecule has 26 heavy (non-hydrogen) atoms. The van der Waals surface area contributed by atoms with Gasteiger partial charge in [0, 0.05) is 26.2 Å². The maximum Gasteiger partial charge on any atom is 0.410 e. The number of halogens is 1.